The van der Waals surface area contributed by atoms with Crippen molar-refractivity contribution < 1.29 is 14.8 Å². The van der Waals surface area contributed by atoms with Gasteiger partial charge >= 0.3 is 12.1 Å². The number of hydroxylamine groups is 2. The lowest BCUT2D eigenvalue weighted by molar-refractivity contribution is -0.0948. The first-order chi connectivity index (χ1) is 19.8. The number of carbonyl (C=O) groups excluding carboxylic acids is 2. The number of carbonyl (C=O) groups is 2. The zero-order chi connectivity index (χ0) is 29.0. The number of amides is 4. The lowest BCUT2D eigenvalue weighted by Gasteiger charge is -2.38. The van der Waals surface area contributed by atoms with E-state index >= 15 is 0 Å². The van der Waals surface area contributed by atoms with Crippen molar-refractivity contribution in [2.75, 3.05) is 16.8 Å². The van der Waals surface area contributed by atoms with Crippen LogP contribution in [0.1, 0.15) is 59.3 Å². The zero-order valence-corrected chi connectivity index (χ0v) is 24.2. The molecule has 7 heteroatoms. The number of urea groups is 2. The van der Waals surface area contributed by atoms with Crippen molar-refractivity contribution in [1.82, 2.24) is 9.96 Å². The molecule has 2 N–H and O–H groups in total. The Hall–Kier alpha value is -4.10. The Balaban J connectivity index is 1.48. The number of benzene rings is 4. The molecule has 0 saturated carbocycles. The van der Waals surface area contributed by atoms with Crippen LogP contribution in [-0.4, -0.2) is 45.5 Å². The zero-order valence-electron chi connectivity index (χ0n) is 24.2. The van der Waals surface area contributed by atoms with E-state index in [-0.39, 0.29) is 6.03 Å². The predicted octanol–water partition coefficient (Wildman–Crippen LogP) is 8.62. The number of hydrogen-bond donors (Lipinski definition) is 2. The van der Waals surface area contributed by atoms with Gasteiger partial charge in [0, 0.05) is 17.3 Å². The van der Waals surface area contributed by atoms with Crippen LogP contribution in [0.15, 0.2) is 84.9 Å². The van der Waals surface area contributed by atoms with E-state index < -0.39 is 17.7 Å². The van der Waals surface area contributed by atoms with Crippen LogP contribution in [0.25, 0.3) is 21.5 Å². The van der Waals surface area contributed by atoms with Crippen LogP contribution >= 0.6 is 0 Å². The van der Waals surface area contributed by atoms with E-state index in [0.717, 1.165) is 40.8 Å². The predicted molar refractivity (Wildman–Crippen MR) is 166 cm³/mol. The molecule has 214 valence electrons. The quantitative estimate of drug-likeness (QED) is 0.117. The minimum atomic E-state index is -0.962. The lowest BCUT2D eigenvalue weighted by Crippen LogP contribution is -2.58. The van der Waals surface area contributed by atoms with Gasteiger partial charge in [0.2, 0.25) is 0 Å². The summed E-state index contributed by atoms with van der Waals surface area (Å²) in [4.78, 5) is 31.2. The van der Waals surface area contributed by atoms with Gasteiger partial charge in [0.15, 0.2) is 6.17 Å². The maximum Gasteiger partial charge on any atom is 0.347 e. The van der Waals surface area contributed by atoms with Gasteiger partial charge in [-0.2, -0.15) is 5.06 Å². The van der Waals surface area contributed by atoms with Crippen LogP contribution in [0.3, 0.4) is 0 Å². The van der Waals surface area contributed by atoms with Crippen LogP contribution in [0, 0.1) is 0 Å². The monoisotopic (exact) mass is 552 g/mol. The summed E-state index contributed by atoms with van der Waals surface area (Å²) in [6.45, 7) is 6.59. The fraction of sp³-hybridized carbons (Fsp3) is 0.353. The second-order valence-corrected chi connectivity index (χ2v) is 11.4. The van der Waals surface area contributed by atoms with Crippen LogP contribution in [0.4, 0.5) is 21.0 Å². The van der Waals surface area contributed by atoms with Crippen LogP contribution < -0.4 is 10.2 Å². The van der Waals surface area contributed by atoms with Gasteiger partial charge in [0.25, 0.3) is 0 Å². The number of nitrogens with zero attached hydrogens (tertiary/aromatic N) is 3. The Labute approximate surface area is 242 Å². The smallest absolute Gasteiger partial charge is 0.315 e. The van der Waals surface area contributed by atoms with Crippen molar-refractivity contribution in [3.05, 3.63) is 84.9 Å². The van der Waals surface area contributed by atoms with Crippen molar-refractivity contribution >= 4 is 45.0 Å². The highest BCUT2D eigenvalue weighted by atomic mass is 16.5. The van der Waals surface area contributed by atoms with Crippen LogP contribution in [0.2, 0.25) is 0 Å². The highest BCUT2D eigenvalue weighted by molar-refractivity contribution is 6.06. The molecule has 7 nitrogen and oxygen atoms in total. The Kier molecular flexibility index (Phi) is 8.45. The molecule has 0 aromatic heterocycles. The Morgan fingerprint density at radius 1 is 0.829 bits per heavy atom. The third kappa shape index (κ3) is 5.59. The van der Waals surface area contributed by atoms with Gasteiger partial charge in [-0.3, -0.25) is 10.1 Å². The summed E-state index contributed by atoms with van der Waals surface area (Å²) in [5, 5.41) is 18.9. The largest absolute Gasteiger partial charge is 0.347 e. The van der Waals surface area contributed by atoms with Gasteiger partial charge in [0.05, 0.1) is 16.9 Å². The number of fused-ring (bicyclic) bond motifs is 2. The molecular weight excluding hydrogens is 512 g/mol. The van der Waals surface area contributed by atoms with E-state index in [1.54, 1.807) is 4.90 Å². The van der Waals surface area contributed by atoms with Crippen molar-refractivity contribution in [3.63, 3.8) is 0 Å². The standard InChI is InChI=1S/C34H40N4O3/c1-4-5-6-7-8-13-24-36-33(40)37(30-23-15-19-26-17-10-12-21-28(26)30)31(34(36,2)3)38(41)32(39)35-29-22-14-18-25-16-9-11-20-27(25)29/h9-12,14-23,31,41H,4-8,13,24H2,1-3H3,(H,35,39)/t31-/m0/s1. The summed E-state index contributed by atoms with van der Waals surface area (Å²) in [6.07, 6.45) is 5.66. The molecule has 1 saturated heterocycles. The first-order valence-corrected chi connectivity index (χ1v) is 14.7. The molecule has 4 aromatic carbocycles. The summed E-state index contributed by atoms with van der Waals surface area (Å²) in [5.41, 5.74) is 0.381. The fourth-order valence-corrected chi connectivity index (χ4v) is 6.05. The molecule has 1 atom stereocenters. The normalized spacial score (nSPS) is 16.5. The molecule has 1 heterocycles. The molecule has 0 radical (unpaired) electrons. The van der Waals surface area contributed by atoms with Crippen molar-refractivity contribution in [1.29, 1.82) is 0 Å². The van der Waals surface area contributed by atoms with E-state index in [9.17, 15) is 14.8 Å². The van der Waals surface area contributed by atoms with E-state index in [1.165, 1.54) is 19.3 Å². The first-order valence-electron chi connectivity index (χ1n) is 14.7. The van der Waals surface area contributed by atoms with E-state index in [1.807, 2.05) is 104 Å². The van der Waals surface area contributed by atoms with Crippen molar-refractivity contribution in [2.45, 2.75) is 71.0 Å². The Bertz CT molecular complexity index is 1520. The number of hydrogen-bond acceptors (Lipinski definition) is 3. The molecule has 1 aliphatic heterocycles. The molecule has 0 spiro atoms. The number of anilines is 2. The van der Waals surface area contributed by atoms with Gasteiger partial charge in [-0.1, -0.05) is 112 Å². The second kappa shape index (κ2) is 12.2. The molecule has 0 unspecified atom stereocenters. The number of nitrogens with one attached hydrogen (secondary N) is 1. The molecule has 4 amide bonds. The molecule has 5 rings (SSSR count). The lowest BCUT2D eigenvalue weighted by atomic mass is 9.98. The van der Waals surface area contributed by atoms with Crippen molar-refractivity contribution in [2.24, 2.45) is 0 Å². The van der Waals surface area contributed by atoms with E-state index in [4.69, 9.17) is 0 Å². The fourth-order valence-electron chi connectivity index (χ4n) is 6.05. The highest BCUT2D eigenvalue weighted by Gasteiger charge is 2.56. The molecule has 0 aliphatic carbocycles. The minimum Gasteiger partial charge on any atom is -0.315 e. The maximum absolute atomic E-state index is 14.2. The number of rotatable bonds is 10. The third-order valence-electron chi connectivity index (χ3n) is 8.24. The SMILES string of the molecule is CCCCCCCCN1C(=O)N(c2cccc3ccccc23)[C@@H](N(O)C(=O)Nc2cccc3ccccc23)C1(C)C. The molecule has 0 bridgehead atoms. The van der Waals surface area contributed by atoms with E-state index in [0.29, 0.717) is 23.0 Å². The Morgan fingerprint density at radius 2 is 1.41 bits per heavy atom. The summed E-state index contributed by atoms with van der Waals surface area (Å²) < 4.78 is 0. The van der Waals surface area contributed by atoms with Gasteiger partial charge in [-0.25, -0.2) is 9.59 Å². The third-order valence-corrected chi connectivity index (χ3v) is 8.24. The summed E-state index contributed by atoms with van der Waals surface area (Å²) in [5.74, 6) is 0. The maximum atomic E-state index is 14.2. The Morgan fingerprint density at radius 3 is 2.15 bits per heavy atom. The molecule has 41 heavy (non-hydrogen) atoms. The van der Waals surface area contributed by atoms with Gasteiger partial charge < -0.3 is 10.2 Å². The molecule has 1 fully saturated rings. The average molecular weight is 553 g/mol. The first kappa shape index (κ1) is 28.4. The molecule has 4 aromatic rings. The topological polar surface area (TPSA) is 76.1 Å². The minimum absolute atomic E-state index is 0.220. The molecular formula is C34H40N4O3. The van der Waals surface area contributed by atoms with E-state index in [2.05, 4.69) is 12.2 Å². The van der Waals surface area contributed by atoms with Crippen LogP contribution in [0.5, 0.6) is 0 Å². The van der Waals surface area contributed by atoms with Crippen molar-refractivity contribution in [3.8, 4) is 0 Å². The van der Waals surface area contributed by atoms with Gasteiger partial charge in [-0.05, 0) is 43.2 Å². The van der Waals surface area contributed by atoms with Gasteiger partial charge in [-0.15, -0.1) is 0 Å². The average Bonchev–Trinajstić information content (AvgIpc) is 3.18. The molecule has 1 aliphatic rings. The summed E-state index contributed by atoms with van der Waals surface area (Å²) in [7, 11) is 0. The second-order valence-electron chi connectivity index (χ2n) is 11.4. The summed E-state index contributed by atoms with van der Waals surface area (Å²) >= 11 is 0. The number of unbranched alkanes of at least 4 members (excludes halogenated alkanes) is 5. The van der Waals surface area contributed by atoms with Crippen LogP contribution in [-0.2, 0) is 0 Å². The highest BCUT2D eigenvalue weighted by Crippen LogP contribution is 2.41. The van der Waals surface area contributed by atoms with Gasteiger partial charge in [0.1, 0.15) is 0 Å². The summed E-state index contributed by atoms with van der Waals surface area (Å²) in [6, 6.07) is 26.1.